The van der Waals surface area contributed by atoms with Gasteiger partial charge in [-0.1, -0.05) is 5.11 Å². The van der Waals surface area contributed by atoms with Gasteiger partial charge in [-0.05, 0) is 17.7 Å². The number of aliphatic carboxylic acids is 1. The number of carboxylic acid groups (broad SMARTS) is 1. The Bertz CT molecular complexity index is 336. The number of carboxylic acids is 1. The van der Waals surface area contributed by atoms with E-state index in [0.717, 1.165) is 9.75 Å². The van der Waals surface area contributed by atoms with Crippen molar-refractivity contribution in [1.29, 1.82) is 0 Å². The molecule has 0 aliphatic heterocycles. The Kier molecular flexibility index (Phi) is 3.31. The fourth-order valence-corrected chi connectivity index (χ4v) is 1.78. The molecule has 0 amide bonds. The van der Waals surface area contributed by atoms with Crippen LogP contribution in [-0.2, 0) is 17.8 Å². The molecule has 0 aliphatic rings. The van der Waals surface area contributed by atoms with E-state index in [1.165, 1.54) is 11.3 Å². The third-order valence-electron chi connectivity index (χ3n) is 1.33. The molecule has 1 aromatic heterocycles. The Morgan fingerprint density at radius 2 is 2.31 bits per heavy atom. The van der Waals surface area contributed by atoms with Crippen LogP contribution in [0, 0.1) is 0 Å². The number of hydrogen-bond acceptors (Lipinski definition) is 3. The van der Waals surface area contributed by atoms with Gasteiger partial charge >= 0.3 is 5.97 Å². The Hall–Kier alpha value is -1.52. The zero-order chi connectivity index (χ0) is 9.68. The van der Waals surface area contributed by atoms with Gasteiger partial charge in [-0.15, -0.1) is 11.3 Å². The summed E-state index contributed by atoms with van der Waals surface area (Å²) in [5.74, 6) is -0.850. The Morgan fingerprint density at radius 1 is 1.62 bits per heavy atom. The summed E-state index contributed by atoms with van der Waals surface area (Å²) in [7, 11) is 0. The van der Waals surface area contributed by atoms with E-state index in [2.05, 4.69) is 10.0 Å². The van der Waals surface area contributed by atoms with E-state index in [4.69, 9.17) is 10.6 Å². The number of rotatable bonds is 4. The number of carbonyl (C=O) groups is 1. The summed E-state index contributed by atoms with van der Waals surface area (Å²) in [5.41, 5.74) is 8.05. The van der Waals surface area contributed by atoms with Gasteiger partial charge < -0.3 is 5.11 Å². The van der Waals surface area contributed by atoms with E-state index < -0.39 is 5.97 Å². The molecule has 0 radical (unpaired) electrons. The van der Waals surface area contributed by atoms with Crippen molar-refractivity contribution < 1.29 is 9.90 Å². The second-order valence-corrected chi connectivity index (χ2v) is 3.58. The second-order valence-electron chi connectivity index (χ2n) is 2.33. The lowest BCUT2D eigenvalue weighted by Gasteiger charge is -1.87. The molecule has 5 nitrogen and oxygen atoms in total. The molecule has 0 atom stereocenters. The maximum atomic E-state index is 10.3. The molecular formula is C7H7N3O2S. The minimum Gasteiger partial charge on any atom is -0.481 e. The standard InChI is InChI=1S/C7H7N3O2S/c8-10-9-4-6-2-1-5(13-6)3-7(11)12/h1-2H,3-4H2,(H,11,12). The maximum Gasteiger partial charge on any atom is 0.308 e. The molecule has 1 aromatic rings. The van der Waals surface area contributed by atoms with Crippen LogP contribution in [0.25, 0.3) is 10.4 Å². The van der Waals surface area contributed by atoms with Gasteiger partial charge in [0.25, 0.3) is 0 Å². The van der Waals surface area contributed by atoms with Crippen LogP contribution in [0.1, 0.15) is 9.75 Å². The average molecular weight is 197 g/mol. The van der Waals surface area contributed by atoms with Crippen LogP contribution in [0.4, 0.5) is 0 Å². The molecule has 1 N–H and O–H groups in total. The van der Waals surface area contributed by atoms with Crippen LogP contribution in [0.5, 0.6) is 0 Å². The van der Waals surface area contributed by atoms with Gasteiger partial charge in [0.05, 0.1) is 13.0 Å². The molecule has 0 saturated carbocycles. The molecule has 68 valence electrons. The van der Waals surface area contributed by atoms with Gasteiger partial charge in [-0.2, -0.15) is 0 Å². The SMILES string of the molecule is [N-]=[N+]=NCc1ccc(CC(=O)O)s1. The summed E-state index contributed by atoms with van der Waals surface area (Å²) in [4.78, 5) is 14.6. The number of azide groups is 1. The molecule has 13 heavy (non-hydrogen) atoms. The van der Waals surface area contributed by atoms with Gasteiger partial charge in [0, 0.05) is 14.7 Å². The van der Waals surface area contributed by atoms with Gasteiger partial charge in [0.1, 0.15) is 0 Å². The third kappa shape index (κ3) is 3.14. The van der Waals surface area contributed by atoms with Crippen molar-refractivity contribution in [1.82, 2.24) is 0 Å². The summed E-state index contributed by atoms with van der Waals surface area (Å²) < 4.78 is 0. The largest absolute Gasteiger partial charge is 0.481 e. The molecule has 0 spiro atoms. The first-order valence-corrected chi connectivity index (χ1v) is 4.34. The van der Waals surface area contributed by atoms with E-state index in [1.807, 2.05) is 0 Å². The summed E-state index contributed by atoms with van der Waals surface area (Å²) >= 11 is 1.36. The van der Waals surface area contributed by atoms with Gasteiger partial charge in [0.2, 0.25) is 0 Å². The molecule has 1 rings (SSSR count). The lowest BCUT2D eigenvalue weighted by Crippen LogP contribution is -1.96. The predicted octanol–water partition coefficient (Wildman–Crippen LogP) is 2.19. The molecule has 0 saturated heterocycles. The molecule has 0 fully saturated rings. The molecular weight excluding hydrogens is 190 g/mol. The number of thiophene rings is 1. The van der Waals surface area contributed by atoms with E-state index in [0.29, 0.717) is 6.54 Å². The third-order valence-corrected chi connectivity index (χ3v) is 2.40. The highest BCUT2D eigenvalue weighted by Gasteiger charge is 2.03. The summed E-state index contributed by atoms with van der Waals surface area (Å²) in [5, 5.41) is 11.9. The zero-order valence-electron chi connectivity index (χ0n) is 6.67. The normalized spacial score (nSPS) is 9.23. The maximum absolute atomic E-state index is 10.3. The molecule has 0 aliphatic carbocycles. The van der Waals surface area contributed by atoms with Crippen LogP contribution >= 0.6 is 11.3 Å². The van der Waals surface area contributed by atoms with Gasteiger partial charge in [-0.3, -0.25) is 4.79 Å². The van der Waals surface area contributed by atoms with Crippen molar-refractivity contribution in [2.24, 2.45) is 5.11 Å². The highest BCUT2D eigenvalue weighted by molar-refractivity contribution is 7.12. The Labute approximate surface area is 78.3 Å². The van der Waals surface area contributed by atoms with Crippen LogP contribution in [0.3, 0.4) is 0 Å². The van der Waals surface area contributed by atoms with Crippen molar-refractivity contribution in [3.05, 3.63) is 32.3 Å². The molecule has 0 bridgehead atoms. The fraction of sp³-hybridized carbons (Fsp3) is 0.286. The monoisotopic (exact) mass is 197 g/mol. The average Bonchev–Trinajstić information content (AvgIpc) is 2.48. The number of hydrogen-bond donors (Lipinski definition) is 1. The minimum atomic E-state index is -0.850. The zero-order valence-corrected chi connectivity index (χ0v) is 7.49. The molecule has 0 unspecified atom stereocenters. The lowest BCUT2D eigenvalue weighted by molar-refractivity contribution is -0.136. The van der Waals surface area contributed by atoms with Crippen molar-refractivity contribution in [3.63, 3.8) is 0 Å². The topological polar surface area (TPSA) is 86.1 Å². The van der Waals surface area contributed by atoms with Gasteiger partial charge in [0.15, 0.2) is 0 Å². The summed E-state index contributed by atoms with van der Waals surface area (Å²) in [6.45, 7) is 0.292. The molecule has 0 aromatic carbocycles. The van der Waals surface area contributed by atoms with Crippen LogP contribution in [0.15, 0.2) is 17.2 Å². The van der Waals surface area contributed by atoms with Crippen molar-refractivity contribution in [2.75, 3.05) is 0 Å². The summed E-state index contributed by atoms with van der Waals surface area (Å²) in [6, 6.07) is 3.51. The van der Waals surface area contributed by atoms with Crippen molar-refractivity contribution in [3.8, 4) is 0 Å². The van der Waals surface area contributed by atoms with Crippen LogP contribution in [-0.4, -0.2) is 11.1 Å². The molecule has 6 heteroatoms. The Morgan fingerprint density at radius 3 is 2.92 bits per heavy atom. The lowest BCUT2D eigenvalue weighted by atomic mass is 10.3. The predicted molar refractivity (Wildman–Crippen MR) is 48.5 cm³/mol. The van der Waals surface area contributed by atoms with E-state index >= 15 is 0 Å². The van der Waals surface area contributed by atoms with Gasteiger partial charge in [-0.25, -0.2) is 0 Å². The smallest absolute Gasteiger partial charge is 0.308 e. The quantitative estimate of drug-likeness (QED) is 0.455. The highest BCUT2D eigenvalue weighted by Crippen LogP contribution is 2.17. The Balaban J connectivity index is 2.63. The fourth-order valence-electron chi connectivity index (χ4n) is 0.853. The molecule has 1 heterocycles. The van der Waals surface area contributed by atoms with Crippen LogP contribution in [0.2, 0.25) is 0 Å². The van der Waals surface area contributed by atoms with E-state index in [1.54, 1.807) is 12.1 Å². The second kappa shape index (κ2) is 4.49. The van der Waals surface area contributed by atoms with E-state index in [9.17, 15) is 4.79 Å². The summed E-state index contributed by atoms with van der Waals surface area (Å²) in [6.07, 6.45) is 0.0287. The minimum absolute atomic E-state index is 0.0287. The number of nitrogens with zero attached hydrogens (tertiary/aromatic N) is 3. The van der Waals surface area contributed by atoms with Crippen molar-refractivity contribution >= 4 is 17.3 Å². The van der Waals surface area contributed by atoms with Crippen molar-refractivity contribution in [2.45, 2.75) is 13.0 Å². The first-order chi connectivity index (χ1) is 6.22. The van der Waals surface area contributed by atoms with Crippen LogP contribution < -0.4 is 0 Å². The first kappa shape index (κ1) is 9.57. The van der Waals surface area contributed by atoms with E-state index in [-0.39, 0.29) is 6.42 Å². The highest BCUT2D eigenvalue weighted by atomic mass is 32.1. The first-order valence-electron chi connectivity index (χ1n) is 3.52.